The predicted octanol–water partition coefficient (Wildman–Crippen LogP) is 5.12. The highest BCUT2D eigenvalue weighted by atomic mass is 32.1. The normalized spacial score (nSPS) is 22.0. The molecule has 45 heavy (non-hydrogen) atoms. The first-order chi connectivity index (χ1) is 21.5. The quantitative estimate of drug-likeness (QED) is 0.238. The minimum absolute atomic E-state index is 0.107. The molecule has 3 aromatic rings. The molecule has 238 valence electrons. The molecule has 2 amide bonds. The molecule has 5 rings (SSSR count). The topological polar surface area (TPSA) is 105 Å². The van der Waals surface area contributed by atoms with Gasteiger partial charge in [0.1, 0.15) is 12.1 Å². The molecule has 0 fully saturated rings. The molecule has 3 unspecified atom stereocenters. The second-order valence-corrected chi connectivity index (χ2v) is 13.3. The van der Waals surface area contributed by atoms with Crippen molar-refractivity contribution in [3.63, 3.8) is 0 Å². The Labute approximate surface area is 270 Å². The minimum atomic E-state index is -0.172. The Hall–Kier alpha value is -3.93. The predicted molar refractivity (Wildman–Crippen MR) is 181 cm³/mol. The highest BCUT2D eigenvalue weighted by Crippen LogP contribution is 2.30. The first-order valence-electron chi connectivity index (χ1n) is 15.7. The Kier molecular flexibility index (Phi) is 10.1. The van der Waals surface area contributed by atoms with Crippen LogP contribution in [0.2, 0.25) is 0 Å². The Morgan fingerprint density at radius 2 is 2.04 bits per heavy atom. The molecular weight excluding hydrogens is 584 g/mol. The highest BCUT2D eigenvalue weighted by molar-refractivity contribution is 7.09. The fraction of sp³-hybridized carbons (Fsp3) is 0.441. The van der Waals surface area contributed by atoms with Crippen molar-refractivity contribution in [3.8, 4) is 0 Å². The lowest BCUT2D eigenvalue weighted by Crippen LogP contribution is -2.56. The van der Waals surface area contributed by atoms with Crippen molar-refractivity contribution in [2.24, 2.45) is 7.05 Å². The van der Waals surface area contributed by atoms with Crippen LogP contribution in [-0.2, 0) is 29.6 Å². The van der Waals surface area contributed by atoms with Gasteiger partial charge in [-0.15, -0.1) is 11.3 Å². The van der Waals surface area contributed by atoms with E-state index in [2.05, 4.69) is 75.9 Å². The van der Waals surface area contributed by atoms with E-state index in [4.69, 9.17) is 0 Å². The smallest absolute Gasteiger partial charge is 0.251 e. The van der Waals surface area contributed by atoms with Gasteiger partial charge in [0.25, 0.3) is 5.91 Å². The average Bonchev–Trinajstić information content (AvgIpc) is 3.64. The van der Waals surface area contributed by atoms with Crippen LogP contribution in [0.25, 0.3) is 5.57 Å². The molecule has 10 nitrogen and oxygen atoms in total. The van der Waals surface area contributed by atoms with Gasteiger partial charge in [0.05, 0.1) is 60.8 Å². The molecule has 11 heteroatoms. The van der Waals surface area contributed by atoms with Crippen molar-refractivity contribution in [2.45, 2.75) is 65.6 Å². The number of quaternary nitrogens is 1. The molecule has 5 heterocycles. The Bertz CT molecular complexity index is 1640. The van der Waals surface area contributed by atoms with Crippen LogP contribution < -0.4 is 10.6 Å². The van der Waals surface area contributed by atoms with E-state index in [0.717, 1.165) is 54.6 Å². The van der Waals surface area contributed by atoms with Crippen molar-refractivity contribution in [1.82, 2.24) is 24.6 Å². The molecule has 3 aromatic heterocycles. The number of hydrogen-bond acceptors (Lipinski definition) is 7. The molecule has 0 aliphatic carbocycles. The zero-order valence-corrected chi connectivity index (χ0v) is 28.0. The summed E-state index contributed by atoms with van der Waals surface area (Å²) in [4.78, 5) is 38.2. The molecule has 2 aliphatic heterocycles. The number of nitrogens with zero attached hydrogens (tertiary/aromatic N) is 6. The number of pyridine rings is 1. The number of carbonyl (C=O) groups excluding carboxylic acids is 2. The number of carbonyl (C=O) groups is 2. The van der Waals surface area contributed by atoms with E-state index in [1.54, 1.807) is 23.6 Å². The lowest BCUT2D eigenvalue weighted by Gasteiger charge is -2.43. The van der Waals surface area contributed by atoms with Crippen LogP contribution in [0.1, 0.15) is 55.4 Å². The Morgan fingerprint density at radius 3 is 2.80 bits per heavy atom. The summed E-state index contributed by atoms with van der Waals surface area (Å²) in [6.45, 7) is 10.9. The number of nitrogens with one attached hydrogen (secondary N) is 2. The van der Waals surface area contributed by atoms with E-state index in [-0.39, 0.29) is 17.9 Å². The molecular formula is C34H45N8O2S+. The summed E-state index contributed by atoms with van der Waals surface area (Å²) in [5, 5.41) is 10.3. The number of thiazole rings is 1. The fourth-order valence-electron chi connectivity index (χ4n) is 6.20. The van der Waals surface area contributed by atoms with Crippen molar-refractivity contribution in [1.29, 1.82) is 0 Å². The van der Waals surface area contributed by atoms with E-state index in [0.29, 0.717) is 35.2 Å². The Balaban J connectivity index is 1.18. The number of aryl methyl sites for hydroxylation is 2. The Morgan fingerprint density at radius 1 is 1.22 bits per heavy atom. The third-order valence-corrected chi connectivity index (χ3v) is 10.1. The van der Waals surface area contributed by atoms with Crippen LogP contribution in [0.4, 0.5) is 11.4 Å². The zero-order valence-electron chi connectivity index (χ0n) is 27.2. The first-order valence-corrected chi connectivity index (χ1v) is 16.6. The van der Waals surface area contributed by atoms with Crippen molar-refractivity contribution in [3.05, 3.63) is 81.9 Å². The van der Waals surface area contributed by atoms with E-state index in [1.807, 2.05) is 43.4 Å². The van der Waals surface area contributed by atoms with Gasteiger partial charge < -0.3 is 15.1 Å². The lowest BCUT2D eigenvalue weighted by molar-refractivity contribution is -0.942. The standard InChI is InChI=1S/C34H44N8O2S/c1-7-29-11-10-26(27-17-37-40(5)19-27)15-24(3)42(29,6)14-8-9-23(2)34(44)39-31-16-28(18-35-25(31)4)38-33(43)21-41-13-12-30-32(20-41)45-22-36-30/h9-11,15-19,22,24,29H,7-8,12-14,20-21H2,1-6H3,(H-,38,39,43,44)/p+1. The van der Waals surface area contributed by atoms with Gasteiger partial charge in [-0.3, -0.25) is 24.2 Å². The summed E-state index contributed by atoms with van der Waals surface area (Å²) in [5.74, 6) is -0.279. The zero-order chi connectivity index (χ0) is 32.1. The van der Waals surface area contributed by atoms with Crippen LogP contribution >= 0.6 is 11.3 Å². The van der Waals surface area contributed by atoms with Gasteiger partial charge in [-0.1, -0.05) is 19.1 Å². The van der Waals surface area contributed by atoms with Gasteiger partial charge >= 0.3 is 0 Å². The van der Waals surface area contributed by atoms with Crippen LogP contribution in [0.15, 0.2) is 60.0 Å². The van der Waals surface area contributed by atoms with Gasteiger partial charge in [0.2, 0.25) is 5.91 Å². The molecule has 0 saturated heterocycles. The van der Waals surface area contributed by atoms with Crippen molar-refractivity contribution >= 4 is 40.1 Å². The van der Waals surface area contributed by atoms with Gasteiger partial charge in [-0.25, -0.2) is 4.98 Å². The second kappa shape index (κ2) is 14.0. The van der Waals surface area contributed by atoms with Gasteiger partial charge in [-0.2, -0.15) is 5.10 Å². The fourth-order valence-corrected chi connectivity index (χ4v) is 7.05. The number of amides is 2. The van der Waals surface area contributed by atoms with Gasteiger partial charge in [0, 0.05) is 61.6 Å². The summed E-state index contributed by atoms with van der Waals surface area (Å²) in [6.07, 6.45) is 17.2. The van der Waals surface area contributed by atoms with E-state index in [1.165, 1.54) is 10.5 Å². The number of likely N-dealkylation sites (N-methyl/N-ethyl adjacent to an activating group) is 1. The largest absolute Gasteiger partial charge is 0.324 e. The monoisotopic (exact) mass is 629 g/mol. The number of fused-ring (bicyclic) bond motifs is 1. The maximum absolute atomic E-state index is 13.2. The third kappa shape index (κ3) is 7.66. The van der Waals surface area contributed by atoms with Crippen LogP contribution in [0, 0.1) is 6.92 Å². The van der Waals surface area contributed by atoms with E-state index in [9.17, 15) is 9.59 Å². The maximum Gasteiger partial charge on any atom is 0.251 e. The average molecular weight is 630 g/mol. The molecule has 0 saturated carbocycles. The number of anilines is 2. The van der Waals surface area contributed by atoms with E-state index >= 15 is 0 Å². The number of hydrogen-bond donors (Lipinski definition) is 2. The molecule has 0 radical (unpaired) electrons. The SMILES string of the molecule is CCC1C=CC(c2cnn(C)c2)=CC(C)[N+]1(C)CCC=C(C)C(=O)Nc1cc(NC(=O)CN2CCc3ncsc3C2)cnc1C. The van der Waals surface area contributed by atoms with E-state index < -0.39 is 0 Å². The van der Waals surface area contributed by atoms with Crippen molar-refractivity contribution in [2.75, 3.05) is 37.3 Å². The van der Waals surface area contributed by atoms with Crippen LogP contribution in [-0.4, -0.2) is 79.7 Å². The second-order valence-electron chi connectivity index (χ2n) is 12.4. The number of aromatic nitrogens is 4. The molecule has 2 aliphatic rings. The third-order valence-electron chi connectivity index (χ3n) is 9.23. The number of allylic oxidation sites excluding steroid dienone is 2. The maximum atomic E-state index is 13.2. The molecule has 3 atom stereocenters. The van der Waals surface area contributed by atoms with Crippen LogP contribution in [0.5, 0.6) is 0 Å². The molecule has 0 bridgehead atoms. The van der Waals surface area contributed by atoms with Crippen LogP contribution in [0.3, 0.4) is 0 Å². The summed E-state index contributed by atoms with van der Waals surface area (Å²) < 4.78 is 2.69. The van der Waals surface area contributed by atoms with Gasteiger partial charge in [0.15, 0.2) is 0 Å². The number of rotatable bonds is 10. The summed E-state index contributed by atoms with van der Waals surface area (Å²) in [7, 11) is 4.25. The summed E-state index contributed by atoms with van der Waals surface area (Å²) >= 11 is 1.64. The molecule has 0 aromatic carbocycles. The summed E-state index contributed by atoms with van der Waals surface area (Å²) in [6, 6.07) is 2.42. The molecule has 0 spiro atoms. The molecule has 2 N–H and O–H groups in total. The first kappa shape index (κ1) is 32.5. The highest BCUT2D eigenvalue weighted by Gasteiger charge is 2.35. The van der Waals surface area contributed by atoms with Crippen molar-refractivity contribution < 1.29 is 14.1 Å². The van der Waals surface area contributed by atoms with Gasteiger partial charge in [-0.05, 0) is 44.6 Å². The summed E-state index contributed by atoms with van der Waals surface area (Å²) in [5.41, 5.74) is 7.82. The lowest BCUT2D eigenvalue weighted by atomic mass is 10.1. The minimum Gasteiger partial charge on any atom is -0.324 e.